The summed E-state index contributed by atoms with van der Waals surface area (Å²) in [5, 5.41) is 0. The van der Waals surface area contributed by atoms with Gasteiger partial charge in [-0.3, -0.25) is 20.1 Å². The Balaban J connectivity index is 1.95. The van der Waals surface area contributed by atoms with Gasteiger partial charge in [0.25, 0.3) is 5.91 Å². The Morgan fingerprint density at radius 1 is 1.59 bits per heavy atom. The molecule has 1 aliphatic rings. The number of rotatable bonds is 4. The summed E-state index contributed by atoms with van der Waals surface area (Å²) in [7, 11) is 2.12. The highest BCUT2D eigenvalue weighted by molar-refractivity contribution is 5.93. The molecule has 0 saturated heterocycles. The van der Waals surface area contributed by atoms with Crippen LogP contribution in [0, 0.1) is 0 Å². The zero-order valence-corrected chi connectivity index (χ0v) is 10.0. The van der Waals surface area contributed by atoms with Crippen LogP contribution in [0.25, 0.3) is 0 Å². The van der Waals surface area contributed by atoms with Crippen molar-refractivity contribution in [1.82, 2.24) is 15.3 Å². The SMILES string of the molecule is CN(Cc1ccc(C(=O)NN)cn1)C1CCC1. The van der Waals surface area contributed by atoms with Gasteiger partial charge in [-0.2, -0.15) is 0 Å². The number of amides is 1. The van der Waals surface area contributed by atoms with Crippen LogP contribution < -0.4 is 11.3 Å². The molecule has 1 aliphatic carbocycles. The third-order valence-corrected chi connectivity index (χ3v) is 3.33. The van der Waals surface area contributed by atoms with Crippen LogP contribution in [0.2, 0.25) is 0 Å². The summed E-state index contributed by atoms with van der Waals surface area (Å²) in [6.45, 7) is 0.829. The highest BCUT2D eigenvalue weighted by Gasteiger charge is 2.22. The summed E-state index contributed by atoms with van der Waals surface area (Å²) in [5.41, 5.74) is 3.56. The molecule has 5 heteroatoms. The van der Waals surface area contributed by atoms with E-state index in [1.807, 2.05) is 6.07 Å². The quantitative estimate of drug-likeness (QED) is 0.456. The number of nitrogens with two attached hydrogens (primary N) is 1. The molecule has 1 aromatic heterocycles. The van der Waals surface area contributed by atoms with Crippen molar-refractivity contribution in [2.75, 3.05) is 7.05 Å². The van der Waals surface area contributed by atoms with Crippen molar-refractivity contribution in [2.45, 2.75) is 31.8 Å². The van der Waals surface area contributed by atoms with E-state index in [4.69, 9.17) is 5.84 Å². The molecule has 3 N–H and O–H groups in total. The van der Waals surface area contributed by atoms with Gasteiger partial charge in [-0.25, -0.2) is 5.84 Å². The second-order valence-corrected chi connectivity index (χ2v) is 4.51. The fourth-order valence-electron chi connectivity index (χ4n) is 1.95. The first-order chi connectivity index (χ1) is 8.20. The van der Waals surface area contributed by atoms with Gasteiger partial charge in [-0.15, -0.1) is 0 Å². The van der Waals surface area contributed by atoms with Crippen LogP contribution >= 0.6 is 0 Å². The minimum absolute atomic E-state index is 0.309. The number of nitrogen functional groups attached to an aromatic ring is 1. The Labute approximate surface area is 101 Å². The van der Waals surface area contributed by atoms with Crippen molar-refractivity contribution >= 4 is 5.91 Å². The van der Waals surface area contributed by atoms with E-state index in [-0.39, 0.29) is 5.91 Å². The highest BCUT2D eigenvalue weighted by atomic mass is 16.2. The van der Waals surface area contributed by atoms with Crippen LogP contribution in [0.15, 0.2) is 18.3 Å². The van der Waals surface area contributed by atoms with E-state index in [1.54, 1.807) is 12.3 Å². The van der Waals surface area contributed by atoms with Crippen molar-refractivity contribution in [3.63, 3.8) is 0 Å². The van der Waals surface area contributed by atoms with E-state index < -0.39 is 0 Å². The van der Waals surface area contributed by atoms with Gasteiger partial charge < -0.3 is 0 Å². The van der Waals surface area contributed by atoms with Crippen LogP contribution in [0.5, 0.6) is 0 Å². The van der Waals surface area contributed by atoms with Gasteiger partial charge in [0.2, 0.25) is 0 Å². The summed E-state index contributed by atoms with van der Waals surface area (Å²) in [5.74, 6) is 4.74. The standard InChI is InChI=1S/C12H18N4O/c1-16(11-3-2-4-11)8-10-6-5-9(7-14-10)12(17)15-13/h5-7,11H,2-4,8,13H2,1H3,(H,15,17). The maximum absolute atomic E-state index is 11.2. The topological polar surface area (TPSA) is 71.2 Å². The van der Waals surface area contributed by atoms with Crippen molar-refractivity contribution in [2.24, 2.45) is 5.84 Å². The molecule has 0 atom stereocenters. The van der Waals surface area contributed by atoms with E-state index in [9.17, 15) is 4.79 Å². The Morgan fingerprint density at radius 3 is 2.82 bits per heavy atom. The number of nitrogens with one attached hydrogen (secondary N) is 1. The van der Waals surface area contributed by atoms with Crippen LogP contribution in [0.4, 0.5) is 0 Å². The molecule has 0 unspecified atom stereocenters. The molecular weight excluding hydrogens is 216 g/mol. The number of carbonyl (C=O) groups is 1. The average molecular weight is 234 g/mol. The lowest BCUT2D eigenvalue weighted by atomic mass is 9.92. The smallest absolute Gasteiger partial charge is 0.266 e. The largest absolute Gasteiger partial charge is 0.298 e. The van der Waals surface area contributed by atoms with Crippen molar-refractivity contribution in [3.8, 4) is 0 Å². The first-order valence-electron chi connectivity index (χ1n) is 5.87. The molecule has 1 saturated carbocycles. The van der Waals surface area contributed by atoms with E-state index in [1.165, 1.54) is 19.3 Å². The Hall–Kier alpha value is -1.46. The Bertz CT molecular complexity index is 386. The van der Waals surface area contributed by atoms with E-state index >= 15 is 0 Å². The molecular formula is C12H18N4O. The number of aromatic nitrogens is 1. The number of hydrazine groups is 1. The number of nitrogens with zero attached hydrogens (tertiary/aromatic N) is 2. The Kier molecular flexibility index (Phi) is 3.71. The zero-order valence-electron chi connectivity index (χ0n) is 10.0. The maximum Gasteiger partial charge on any atom is 0.266 e. The third-order valence-electron chi connectivity index (χ3n) is 3.33. The van der Waals surface area contributed by atoms with Gasteiger partial charge in [0.1, 0.15) is 0 Å². The summed E-state index contributed by atoms with van der Waals surface area (Å²) >= 11 is 0. The third kappa shape index (κ3) is 2.81. The molecule has 1 amide bonds. The molecule has 0 aromatic carbocycles. The fourth-order valence-corrected chi connectivity index (χ4v) is 1.95. The van der Waals surface area contributed by atoms with E-state index in [0.717, 1.165) is 12.2 Å². The predicted octanol–water partition coefficient (Wildman–Crippen LogP) is 0.669. The van der Waals surface area contributed by atoms with Crippen LogP contribution in [0.1, 0.15) is 35.3 Å². The molecule has 0 radical (unpaired) electrons. The molecule has 1 heterocycles. The van der Waals surface area contributed by atoms with Gasteiger partial charge >= 0.3 is 0 Å². The Morgan fingerprint density at radius 2 is 2.35 bits per heavy atom. The summed E-state index contributed by atoms with van der Waals surface area (Å²) in [6.07, 6.45) is 5.46. The van der Waals surface area contributed by atoms with Gasteiger partial charge in [0.05, 0.1) is 11.3 Å². The highest BCUT2D eigenvalue weighted by Crippen LogP contribution is 2.24. The van der Waals surface area contributed by atoms with Gasteiger partial charge in [0, 0.05) is 18.8 Å². The lowest BCUT2D eigenvalue weighted by Gasteiger charge is -2.34. The molecule has 92 valence electrons. The van der Waals surface area contributed by atoms with Gasteiger partial charge in [-0.1, -0.05) is 6.42 Å². The minimum Gasteiger partial charge on any atom is -0.298 e. The molecule has 1 fully saturated rings. The maximum atomic E-state index is 11.2. The average Bonchev–Trinajstić information content (AvgIpc) is 2.26. The fraction of sp³-hybridized carbons (Fsp3) is 0.500. The predicted molar refractivity (Wildman–Crippen MR) is 65.0 cm³/mol. The van der Waals surface area contributed by atoms with E-state index in [0.29, 0.717) is 11.6 Å². The monoisotopic (exact) mass is 234 g/mol. The number of carbonyl (C=O) groups excluding carboxylic acids is 1. The molecule has 0 aliphatic heterocycles. The molecule has 2 rings (SSSR count). The minimum atomic E-state index is -0.309. The van der Waals surface area contributed by atoms with E-state index in [2.05, 4.69) is 22.4 Å². The summed E-state index contributed by atoms with van der Waals surface area (Å²) < 4.78 is 0. The zero-order chi connectivity index (χ0) is 12.3. The molecule has 1 aromatic rings. The number of pyridine rings is 1. The second-order valence-electron chi connectivity index (χ2n) is 4.51. The number of hydrogen-bond donors (Lipinski definition) is 2. The summed E-state index contributed by atoms with van der Waals surface area (Å²) in [4.78, 5) is 17.8. The first kappa shape index (κ1) is 12.0. The summed E-state index contributed by atoms with van der Waals surface area (Å²) in [6, 6.07) is 4.32. The molecule has 0 bridgehead atoms. The number of hydrogen-bond acceptors (Lipinski definition) is 4. The molecule has 17 heavy (non-hydrogen) atoms. The van der Waals surface area contributed by atoms with Crippen molar-refractivity contribution in [1.29, 1.82) is 0 Å². The lowest BCUT2D eigenvalue weighted by Crippen LogP contribution is -2.36. The van der Waals surface area contributed by atoms with Crippen LogP contribution in [-0.2, 0) is 6.54 Å². The van der Waals surface area contributed by atoms with Crippen molar-refractivity contribution < 1.29 is 4.79 Å². The van der Waals surface area contributed by atoms with Gasteiger partial charge in [-0.05, 0) is 32.0 Å². The lowest BCUT2D eigenvalue weighted by molar-refractivity contribution is 0.0953. The second kappa shape index (κ2) is 5.25. The molecule has 0 spiro atoms. The van der Waals surface area contributed by atoms with Crippen molar-refractivity contribution in [3.05, 3.63) is 29.6 Å². The first-order valence-corrected chi connectivity index (χ1v) is 5.87. The molecule has 5 nitrogen and oxygen atoms in total. The van der Waals surface area contributed by atoms with Crippen LogP contribution in [-0.4, -0.2) is 28.9 Å². The normalized spacial score (nSPS) is 15.7. The van der Waals surface area contributed by atoms with Gasteiger partial charge in [0.15, 0.2) is 0 Å². The van der Waals surface area contributed by atoms with Crippen LogP contribution in [0.3, 0.4) is 0 Å².